The average molecular weight is 239 g/mol. The molecule has 0 aliphatic rings. The van der Waals surface area contributed by atoms with Crippen molar-refractivity contribution >= 4 is 0 Å². The molecule has 0 unspecified atom stereocenters. The molecule has 0 aromatic heterocycles. The largest absolute Gasteiger partial charge is 0.493 e. The highest BCUT2D eigenvalue weighted by Gasteiger charge is 2.10. The second-order valence-electron chi connectivity index (χ2n) is 3.82. The van der Waals surface area contributed by atoms with Crippen LogP contribution in [0.15, 0.2) is 18.2 Å². The Labute approximate surface area is 102 Å². The summed E-state index contributed by atoms with van der Waals surface area (Å²) in [5, 5.41) is 8.78. The Morgan fingerprint density at radius 3 is 2.71 bits per heavy atom. The first kappa shape index (κ1) is 13.8. The van der Waals surface area contributed by atoms with Gasteiger partial charge in [0.25, 0.3) is 0 Å². The number of benzene rings is 1. The molecule has 0 bridgehead atoms. The molecule has 0 aliphatic carbocycles. The molecule has 0 fully saturated rings. The lowest BCUT2D eigenvalue weighted by atomic mass is 10.0. The molecule has 0 heterocycles. The number of methoxy groups -OCH3 is 1. The van der Waals surface area contributed by atoms with E-state index in [0.717, 1.165) is 17.7 Å². The zero-order valence-corrected chi connectivity index (χ0v) is 10.5. The standard InChI is InChI=1S/C13H21NO3/c1-3-17-12-7-6-10(9-13(12)16-2)11(14)5-4-8-15/h6-7,9,11,15H,3-5,8,14H2,1-2H3/t11-/m0/s1. The second kappa shape index (κ2) is 7.14. The van der Waals surface area contributed by atoms with Gasteiger partial charge in [0.1, 0.15) is 0 Å². The fourth-order valence-electron chi connectivity index (χ4n) is 1.67. The van der Waals surface area contributed by atoms with Crippen LogP contribution in [-0.4, -0.2) is 25.4 Å². The first-order chi connectivity index (χ1) is 8.22. The summed E-state index contributed by atoms with van der Waals surface area (Å²) in [4.78, 5) is 0. The van der Waals surface area contributed by atoms with Gasteiger partial charge in [0.05, 0.1) is 13.7 Å². The van der Waals surface area contributed by atoms with Gasteiger partial charge in [-0.15, -0.1) is 0 Å². The number of hydrogen-bond acceptors (Lipinski definition) is 4. The monoisotopic (exact) mass is 239 g/mol. The van der Waals surface area contributed by atoms with Crippen molar-refractivity contribution in [1.82, 2.24) is 0 Å². The topological polar surface area (TPSA) is 64.7 Å². The molecule has 1 rings (SSSR count). The number of hydrogen-bond donors (Lipinski definition) is 2. The molecule has 96 valence electrons. The van der Waals surface area contributed by atoms with Gasteiger partial charge in [0, 0.05) is 12.6 Å². The summed E-state index contributed by atoms with van der Waals surface area (Å²) in [6.45, 7) is 2.70. The molecule has 0 saturated heterocycles. The van der Waals surface area contributed by atoms with E-state index >= 15 is 0 Å². The van der Waals surface area contributed by atoms with Crippen LogP contribution in [-0.2, 0) is 0 Å². The van der Waals surface area contributed by atoms with Crippen LogP contribution in [0, 0.1) is 0 Å². The summed E-state index contributed by atoms with van der Waals surface area (Å²) in [5.74, 6) is 1.43. The quantitative estimate of drug-likeness (QED) is 0.762. The van der Waals surface area contributed by atoms with Gasteiger partial charge in [-0.1, -0.05) is 6.07 Å². The minimum atomic E-state index is -0.0771. The van der Waals surface area contributed by atoms with E-state index in [1.54, 1.807) is 7.11 Å². The summed E-state index contributed by atoms with van der Waals surface area (Å²) in [6, 6.07) is 5.63. The molecular formula is C13H21NO3. The molecule has 1 aromatic carbocycles. The number of aliphatic hydroxyl groups is 1. The van der Waals surface area contributed by atoms with Gasteiger partial charge >= 0.3 is 0 Å². The van der Waals surface area contributed by atoms with Crippen LogP contribution in [0.25, 0.3) is 0 Å². The van der Waals surface area contributed by atoms with Crippen molar-refractivity contribution < 1.29 is 14.6 Å². The Balaban J connectivity index is 2.80. The predicted molar refractivity (Wildman–Crippen MR) is 67.4 cm³/mol. The maximum atomic E-state index is 8.78. The number of aliphatic hydroxyl groups excluding tert-OH is 1. The smallest absolute Gasteiger partial charge is 0.161 e. The van der Waals surface area contributed by atoms with E-state index in [-0.39, 0.29) is 12.6 Å². The van der Waals surface area contributed by atoms with Gasteiger partial charge in [-0.05, 0) is 37.5 Å². The minimum Gasteiger partial charge on any atom is -0.493 e. The van der Waals surface area contributed by atoms with Gasteiger partial charge < -0.3 is 20.3 Å². The minimum absolute atomic E-state index is 0.0771. The van der Waals surface area contributed by atoms with E-state index in [9.17, 15) is 0 Å². The molecule has 0 amide bonds. The zero-order valence-electron chi connectivity index (χ0n) is 10.5. The lowest BCUT2D eigenvalue weighted by Gasteiger charge is -2.15. The van der Waals surface area contributed by atoms with E-state index in [4.69, 9.17) is 20.3 Å². The molecule has 17 heavy (non-hydrogen) atoms. The van der Waals surface area contributed by atoms with E-state index < -0.39 is 0 Å². The lowest BCUT2D eigenvalue weighted by Crippen LogP contribution is -2.11. The van der Waals surface area contributed by atoms with Gasteiger partial charge in [0.15, 0.2) is 11.5 Å². The zero-order chi connectivity index (χ0) is 12.7. The van der Waals surface area contributed by atoms with Crippen molar-refractivity contribution in [1.29, 1.82) is 0 Å². The average Bonchev–Trinajstić information content (AvgIpc) is 2.36. The number of nitrogens with two attached hydrogens (primary N) is 1. The van der Waals surface area contributed by atoms with Crippen LogP contribution in [0.4, 0.5) is 0 Å². The third-order valence-corrected chi connectivity index (χ3v) is 2.59. The highest BCUT2D eigenvalue weighted by molar-refractivity contribution is 5.43. The third-order valence-electron chi connectivity index (χ3n) is 2.59. The van der Waals surface area contributed by atoms with Crippen molar-refractivity contribution in [3.63, 3.8) is 0 Å². The Morgan fingerprint density at radius 2 is 2.12 bits per heavy atom. The van der Waals surface area contributed by atoms with Gasteiger partial charge in [-0.25, -0.2) is 0 Å². The maximum Gasteiger partial charge on any atom is 0.161 e. The Kier molecular flexibility index (Phi) is 5.80. The predicted octanol–water partition coefficient (Wildman–Crippen LogP) is 1.87. The Morgan fingerprint density at radius 1 is 1.35 bits per heavy atom. The molecule has 1 atom stereocenters. The van der Waals surface area contributed by atoms with Gasteiger partial charge in [-0.3, -0.25) is 0 Å². The second-order valence-corrected chi connectivity index (χ2v) is 3.82. The summed E-state index contributed by atoms with van der Waals surface area (Å²) in [6.07, 6.45) is 1.46. The number of rotatable bonds is 7. The van der Waals surface area contributed by atoms with E-state index in [1.165, 1.54) is 0 Å². The molecule has 4 nitrogen and oxygen atoms in total. The van der Waals surface area contributed by atoms with Crippen molar-refractivity contribution in [2.75, 3.05) is 20.3 Å². The van der Waals surface area contributed by atoms with Crippen LogP contribution in [0.3, 0.4) is 0 Å². The first-order valence-corrected chi connectivity index (χ1v) is 5.90. The maximum absolute atomic E-state index is 8.78. The SMILES string of the molecule is CCOc1ccc([C@@H](N)CCCO)cc1OC. The molecule has 1 aromatic rings. The summed E-state index contributed by atoms with van der Waals surface area (Å²) in [5.41, 5.74) is 7.02. The van der Waals surface area contributed by atoms with Crippen molar-refractivity contribution in [2.24, 2.45) is 5.73 Å². The third kappa shape index (κ3) is 3.91. The van der Waals surface area contributed by atoms with Gasteiger partial charge in [0.2, 0.25) is 0 Å². The molecule has 4 heteroatoms. The molecule has 3 N–H and O–H groups in total. The normalized spacial score (nSPS) is 12.2. The number of ether oxygens (including phenoxy) is 2. The van der Waals surface area contributed by atoms with Crippen molar-refractivity contribution in [3.8, 4) is 11.5 Å². The summed E-state index contributed by atoms with van der Waals surface area (Å²) < 4.78 is 10.7. The molecule has 0 aliphatic heterocycles. The van der Waals surface area contributed by atoms with Crippen LogP contribution in [0.2, 0.25) is 0 Å². The highest BCUT2D eigenvalue weighted by atomic mass is 16.5. The Bertz CT molecular complexity index is 341. The molecule has 0 spiro atoms. The lowest BCUT2D eigenvalue weighted by molar-refractivity contribution is 0.279. The van der Waals surface area contributed by atoms with Crippen molar-refractivity contribution in [3.05, 3.63) is 23.8 Å². The Hall–Kier alpha value is -1.26. The van der Waals surface area contributed by atoms with E-state index in [1.807, 2.05) is 25.1 Å². The first-order valence-electron chi connectivity index (χ1n) is 5.90. The molecule has 0 saturated carbocycles. The highest BCUT2D eigenvalue weighted by Crippen LogP contribution is 2.30. The molecular weight excluding hydrogens is 218 g/mol. The van der Waals surface area contributed by atoms with Crippen LogP contribution in [0.5, 0.6) is 11.5 Å². The van der Waals surface area contributed by atoms with Gasteiger partial charge in [-0.2, -0.15) is 0 Å². The van der Waals surface area contributed by atoms with E-state index in [0.29, 0.717) is 18.8 Å². The summed E-state index contributed by atoms with van der Waals surface area (Å²) >= 11 is 0. The summed E-state index contributed by atoms with van der Waals surface area (Å²) in [7, 11) is 1.61. The van der Waals surface area contributed by atoms with E-state index in [2.05, 4.69) is 0 Å². The van der Waals surface area contributed by atoms with Crippen LogP contribution >= 0.6 is 0 Å². The fraction of sp³-hybridized carbons (Fsp3) is 0.538. The van der Waals surface area contributed by atoms with Crippen LogP contribution in [0.1, 0.15) is 31.4 Å². The van der Waals surface area contributed by atoms with Crippen LogP contribution < -0.4 is 15.2 Å². The molecule has 0 radical (unpaired) electrons. The van der Waals surface area contributed by atoms with Crippen molar-refractivity contribution in [2.45, 2.75) is 25.8 Å². The fourth-order valence-corrected chi connectivity index (χ4v) is 1.67.